The van der Waals surface area contributed by atoms with Gasteiger partial charge in [0.15, 0.2) is 0 Å². The predicted octanol–water partition coefficient (Wildman–Crippen LogP) is 12.8. The number of rotatable bonds is 7. The van der Waals surface area contributed by atoms with Crippen LogP contribution in [0.2, 0.25) is 13.1 Å². The van der Waals surface area contributed by atoms with Crippen molar-refractivity contribution in [3.8, 4) is 22.3 Å². The van der Waals surface area contributed by atoms with E-state index in [1.807, 2.05) is 0 Å². The zero-order chi connectivity index (χ0) is 35.4. The van der Waals surface area contributed by atoms with Gasteiger partial charge in [0.2, 0.25) is 0 Å². The molecule has 253 valence electrons. The third kappa shape index (κ3) is 5.52. The molecule has 48 heavy (non-hydrogen) atoms. The van der Waals surface area contributed by atoms with Crippen molar-refractivity contribution in [2.75, 3.05) is 42.3 Å². The first-order valence-electron chi connectivity index (χ1n) is 16.8. The van der Waals surface area contributed by atoms with E-state index in [0.717, 1.165) is 8.97 Å². The quantitative estimate of drug-likeness (QED) is 0.0983. The summed E-state index contributed by atoms with van der Waals surface area (Å²) in [6.07, 6.45) is 4.80. The van der Waals surface area contributed by atoms with Crippen LogP contribution in [0.5, 0.6) is 0 Å². The van der Waals surface area contributed by atoms with Gasteiger partial charge in [-0.3, -0.25) is 0 Å². The molecule has 0 aromatic heterocycles. The molecule has 0 aliphatic heterocycles. The molecule has 0 fully saturated rings. The van der Waals surface area contributed by atoms with E-state index < -0.39 is 10.0 Å². The first kappa shape index (κ1) is 37.2. The Balaban J connectivity index is 1.55. The standard InChI is InChI=1S/2C19H21N.C2H7Si.2ClH.Hf.2HI/c2*1-14-12-16-6-5-7-18(19(16)13-14)15-8-10-17(11-9-15)20(2,3)4;1-3-2;;;;;/h2*5-13H,1-4H3;3H,1-2H3;2*1H;;2*1H/q2*+1;;;;+4;;/p-4. The van der Waals surface area contributed by atoms with Crippen LogP contribution in [0.25, 0.3) is 34.4 Å². The number of benzene rings is 4. The number of halogens is 4. The number of quaternary nitrogens is 2. The first-order valence-corrected chi connectivity index (χ1v) is 59.4. The molecular formula is C40H49Cl2HfI2N2Si+2. The molecule has 0 spiro atoms. The van der Waals surface area contributed by atoms with Crippen LogP contribution >= 0.6 is 53.4 Å². The summed E-state index contributed by atoms with van der Waals surface area (Å²) in [5.41, 5.74) is 15.2. The minimum absolute atomic E-state index is 0.0576. The van der Waals surface area contributed by atoms with Crippen LogP contribution in [0.15, 0.2) is 96.1 Å². The summed E-state index contributed by atoms with van der Waals surface area (Å²) in [5, 5.41) is 0. The Morgan fingerprint density at radius 2 is 0.896 bits per heavy atom. The molecule has 2 aliphatic carbocycles. The molecule has 0 saturated carbocycles. The molecule has 0 saturated heterocycles. The molecule has 0 bridgehead atoms. The first-order chi connectivity index (χ1) is 21.9. The van der Waals surface area contributed by atoms with Gasteiger partial charge >= 0.3 is 313 Å². The summed E-state index contributed by atoms with van der Waals surface area (Å²) in [4.78, 5) is 0. The molecule has 2 aliphatic rings. The molecule has 4 aromatic rings. The second-order valence-corrected chi connectivity index (χ2v) is 208. The van der Waals surface area contributed by atoms with Gasteiger partial charge < -0.3 is 0 Å². The normalized spacial score (nSPS) is 20.3. The van der Waals surface area contributed by atoms with Crippen LogP contribution in [-0.4, -0.2) is 48.3 Å². The molecule has 4 aromatic carbocycles. The summed E-state index contributed by atoms with van der Waals surface area (Å²) in [6, 6.07) is 31.7. The van der Waals surface area contributed by atoms with Crippen LogP contribution in [-0.2, 0) is 4.05 Å². The third-order valence-electron chi connectivity index (χ3n) is 11.5. The molecular weight excluding hydrogens is 1040 g/mol. The summed E-state index contributed by atoms with van der Waals surface area (Å²) >= 11 is 5.53. The molecule has 0 amide bonds. The van der Waals surface area contributed by atoms with E-state index in [0.29, 0.717) is 0 Å². The summed E-state index contributed by atoms with van der Waals surface area (Å²) in [6.45, 7) is 9.39. The topological polar surface area (TPSA) is 0 Å². The number of allylic oxidation sites excluding steroid dienone is 2. The maximum atomic E-state index is 8.95. The summed E-state index contributed by atoms with van der Waals surface area (Å²) in [7, 11) is 31.1. The zero-order valence-corrected chi connectivity index (χ0v) is 40.5. The molecule has 0 radical (unpaired) electrons. The third-order valence-corrected chi connectivity index (χ3v) is 180. The van der Waals surface area contributed by atoms with E-state index in [2.05, 4.69) is 203 Å². The monoisotopic (exact) mass is 1090 g/mol. The summed E-state index contributed by atoms with van der Waals surface area (Å²) < 4.78 is -4.71. The van der Waals surface area contributed by atoms with Crippen molar-refractivity contribution in [2.45, 2.75) is 34.3 Å². The minimum atomic E-state index is -6.16. The number of hydrogen-bond donors (Lipinski definition) is 0. The van der Waals surface area contributed by atoms with Gasteiger partial charge in [-0.15, -0.1) is 0 Å². The van der Waals surface area contributed by atoms with E-state index in [1.165, 1.54) is 67.0 Å². The Kier molecular flexibility index (Phi) is 8.49. The summed E-state index contributed by atoms with van der Waals surface area (Å²) in [5.74, 6) is -1.86. The van der Waals surface area contributed by atoms with E-state index in [-0.39, 0.29) is 7.35 Å². The predicted molar refractivity (Wildman–Crippen MR) is 234 cm³/mol. The van der Waals surface area contributed by atoms with Gasteiger partial charge in [-0.25, -0.2) is 0 Å². The van der Waals surface area contributed by atoms with Crippen molar-refractivity contribution in [1.82, 2.24) is 8.97 Å². The van der Waals surface area contributed by atoms with E-state index in [4.69, 9.17) is 17.2 Å². The van der Waals surface area contributed by atoms with E-state index in [1.54, 1.807) is 0 Å². The SMILES string of the molecule is CC1=Cc2c(-c3ccc([N+](C)(C)C)cc3)cccc2[CH]1[Hf]([Cl])([Cl])([I])([I])([CH]1C(C)=Cc2c(-c3ccc([N+](C)(C)C)cc3)cccc21)[SiH](C)C. The maximum absolute atomic E-state index is 8.95. The van der Waals surface area contributed by atoms with Crippen LogP contribution in [0, 0.1) is 0 Å². The Morgan fingerprint density at radius 3 is 1.19 bits per heavy atom. The molecule has 2 atom stereocenters. The number of fused-ring (bicyclic) bond motifs is 2. The number of nitrogens with zero attached hydrogens (tertiary/aromatic N) is 2. The average molecular weight is 1090 g/mol. The Hall–Kier alpha value is -0.593. The molecule has 6 rings (SSSR count). The van der Waals surface area contributed by atoms with Crippen LogP contribution in [0.4, 0.5) is 11.4 Å². The fraction of sp³-hybridized carbons (Fsp3) is 0.300. The Labute approximate surface area is 309 Å². The zero-order valence-electron chi connectivity index (χ0n) is 29.9. The fourth-order valence-electron chi connectivity index (χ4n) is 8.66. The average Bonchev–Trinajstić information content (AvgIpc) is 3.53. The van der Waals surface area contributed by atoms with E-state index in [9.17, 15) is 0 Å². The fourth-order valence-corrected chi connectivity index (χ4v) is 86.4. The van der Waals surface area contributed by atoms with Gasteiger partial charge in [0, 0.05) is 0 Å². The van der Waals surface area contributed by atoms with E-state index >= 15 is 0 Å². The van der Waals surface area contributed by atoms with Crippen LogP contribution in [0.1, 0.15) is 43.5 Å². The molecule has 2 unspecified atom stereocenters. The van der Waals surface area contributed by atoms with Gasteiger partial charge in [0.25, 0.3) is 0 Å². The van der Waals surface area contributed by atoms with Gasteiger partial charge in [-0.1, -0.05) is 0 Å². The van der Waals surface area contributed by atoms with Gasteiger partial charge in [0.1, 0.15) is 0 Å². The van der Waals surface area contributed by atoms with Crippen molar-refractivity contribution in [2.24, 2.45) is 0 Å². The Morgan fingerprint density at radius 1 is 0.562 bits per heavy atom. The van der Waals surface area contributed by atoms with Crippen molar-refractivity contribution in [3.05, 3.63) is 118 Å². The van der Waals surface area contributed by atoms with Crippen LogP contribution in [0.3, 0.4) is 0 Å². The van der Waals surface area contributed by atoms with Crippen molar-refractivity contribution >= 4 is 82.9 Å². The van der Waals surface area contributed by atoms with Gasteiger partial charge in [-0.2, -0.15) is 0 Å². The second-order valence-electron chi connectivity index (χ2n) is 16.8. The van der Waals surface area contributed by atoms with Gasteiger partial charge in [0.05, 0.1) is 0 Å². The molecule has 2 nitrogen and oxygen atoms in total. The van der Waals surface area contributed by atoms with Gasteiger partial charge in [-0.05, 0) is 0 Å². The molecule has 8 heteroatoms. The van der Waals surface area contributed by atoms with Crippen molar-refractivity contribution < 1.29 is 4.05 Å². The molecule has 0 N–H and O–H groups in total. The second kappa shape index (κ2) is 11.0. The number of hydrogen-bond acceptors (Lipinski definition) is 0. The van der Waals surface area contributed by atoms with Crippen molar-refractivity contribution in [1.29, 1.82) is 0 Å². The van der Waals surface area contributed by atoms with Crippen molar-refractivity contribution in [3.63, 3.8) is 0 Å². The molecule has 0 heterocycles. The Bertz CT molecular complexity index is 1920. The van der Waals surface area contributed by atoms with Crippen LogP contribution < -0.4 is 8.97 Å².